The monoisotopic (exact) mass is 294 g/mol. The van der Waals surface area contributed by atoms with E-state index < -0.39 is 0 Å². The smallest absolute Gasteiger partial charge is 0.255 e. The van der Waals surface area contributed by atoms with Crippen molar-refractivity contribution in [3.63, 3.8) is 0 Å². The van der Waals surface area contributed by atoms with Gasteiger partial charge in [0.05, 0.1) is 11.3 Å². The van der Waals surface area contributed by atoms with E-state index in [1.807, 2.05) is 11.8 Å². The number of amides is 1. The molecule has 110 valence electrons. The van der Waals surface area contributed by atoms with Crippen molar-refractivity contribution in [3.8, 4) is 0 Å². The van der Waals surface area contributed by atoms with Crippen LogP contribution in [-0.4, -0.2) is 28.4 Å². The Morgan fingerprint density at radius 2 is 2.20 bits per heavy atom. The van der Waals surface area contributed by atoms with Crippen LogP contribution in [0, 0.1) is 0 Å². The molecule has 1 aliphatic carbocycles. The van der Waals surface area contributed by atoms with Gasteiger partial charge in [-0.2, -0.15) is 11.8 Å². The number of nitrogens with one attached hydrogen (secondary N) is 2. The van der Waals surface area contributed by atoms with Crippen LogP contribution in [0.25, 0.3) is 0 Å². The molecule has 0 unspecified atom stereocenters. The van der Waals surface area contributed by atoms with E-state index in [4.69, 9.17) is 5.84 Å². The first-order valence-electron chi connectivity index (χ1n) is 6.95. The maximum atomic E-state index is 12.3. The third-order valence-electron chi connectivity index (χ3n) is 3.99. The van der Waals surface area contributed by atoms with Gasteiger partial charge in [-0.3, -0.25) is 15.6 Å². The first kappa shape index (κ1) is 15.1. The fourth-order valence-corrected chi connectivity index (χ4v) is 3.60. The van der Waals surface area contributed by atoms with E-state index in [0.717, 1.165) is 0 Å². The van der Waals surface area contributed by atoms with E-state index in [0.29, 0.717) is 17.8 Å². The van der Waals surface area contributed by atoms with Crippen LogP contribution in [0.15, 0.2) is 18.5 Å². The van der Waals surface area contributed by atoms with Gasteiger partial charge >= 0.3 is 0 Å². The van der Waals surface area contributed by atoms with Crippen LogP contribution in [0.3, 0.4) is 0 Å². The molecule has 0 saturated heterocycles. The number of aromatic nitrogens is 1. The highest BCUT2D eigenvalue weighted by molar-refractivity contribution is 8.00. The molecular weight excluding hydrogens is 272 g/mol. The summed E-state index contributed by atoms with van der Waals surface area (Å²) in [5, 5.41) is 3.04. The minimum Gasteiger partial charge on any atom is -0.351 e. The van der Waals surface area contributed by atoms with Crippen LogP contribution >= 0.6 is 11.8 Å². The number of nitrogen functional groups attached to an aromatic ring is 1. The Balaban J connectivity index is 2.00. The number of thioether (sulfide) groups is 1. The highest BCUT2D eigenvalue weighted by Crippen LogP contribution is 2.38. The summed E-state index contributed by atoms with van der Waals surface area (Å²) in [5.74, 6) is 5.30. The topological polar surface area (TPSA) is 80.0 Å². The molecule has 0 aromatic carbocycles. The Bertz CT molecular complexity index is 460. The Kier molecular flexibility index (Phi) is 5.25. The number of nitrogens with zero attached hydrogens (tertiary/aromatic N) is 1. The summed E-state index contributed by atoms with van der Waals surface area (Å²) in [5.41, 5.74) is 3.62. The highest BCUT2D eigenvalue weighted by atomic mass is 32.2. The predicted molar refractivity (Wildman–Crippen MR) is 83.7 cm³/mol. The predicted octanol–water partition coefficient (Wildman–Crippen LogP) is 2.16. The van der Waals surface area contributed by atoms with E-state index in [1.54, 1.807) is 12.3 Å². The number of anilines is 1. The van der Waals surface area contributed by atoms with E-state index in [2.05, 4.69) is 22.0 Å². The second-order valence-corrected chi connectivity index (χ2v) is 6.47. The Labute approximate surface area is 124 Å². The molecule has 0 aliphatic heterocycles. The standard InChI is InChI=1S/C14H22N4OS/c1-20-14(6-3-2-4-7-14)10-17-13(19)11-9-16-8-5-12(11)18-15/h5,8-9H,2-4,6-7,10,15H2,1H3,(H,16,18)(H,17,19). The molecular formula is C14H22N4OS. The minimum absolute atomic E-state index is 0.120. The third kappa shape index (κ3) is 3.43. The molecule has 20 heavy (non-hydrogen) atoms. The number of hydrogen-bond acceptors (Lipinski definition) is 5. The van der Waals surface area contributed by atoms with Gasteiger partial charge in [0.15, 0.2) is 0 Å². The van der Waals surface area contributed by atoms with Crippen molar-refractivity contribution in [1.29, 1.82) is 0 Å². The van der Waals surface area contributed by atoms with Gasteiger partial charge in [0, 0.05) is 23.7 Å². The van der Waals surface area contributed by atoms with Crippen molar-refractivity contribution in [3.05, 3.63) is 24.0 Å². The Morgan fingerprint density at radius 3 is 2.85 bits per heavy atom. The molecule has 1 fully saturated rings. The van der Waals surface area contributed by atoms with Gasteiger partial charge in [0.1, 0.15) is 0 Å². The number of hydrogen-bond donors (Lipinski definition) is 3. The van der Waals surface area contributed by atoms with Gasteiger partial charge in [0.25, 0.3) is 5.91 Å². The van der Waals surface area contributed by atoms with Crippen LogP contribution in [0.4, 0.5) is 5.69 Å². The minimum atomic E-state index is -0.120. The molecule has 0 spiro atoms. The van der Waals surface area contributed by atoms with Crippen molar-refractivity contribution in [1.82, 2.24) is 10.3 Å². The van der Waals surface area contributed by atoms with Crippen molar-refractivity contribution >= 4 is 23.4 Å². The zero-order valence-electron chi connectivity index (χ0n) is 11.8. The van der Waals surface area contributed by atoms with Crippen LogP contribution in [0.5, 0.6) is 0 Å². The summed E-state index contributed by atoms with van der Waals surface area (Å²) in [6.45, 7) is 0.700. The average molecular weight is 294 g/mol. The lowest BCUT2D eigenvalue weighted by Crippen LogP contribution is -2.42. The summed E-state index contributed by atoms with van der Waals surface area (Å²) in [6.07, 6.45) is 11.4. The number of carbonyl (C=O) groups is 1. The van der Waals surface area contributed by atoms with Crippen molar-refractivity contribution < 1.29 is 4.79 Å². The Hall–Kier alpha value is -1.27. The number of hydrazine groups is 1. The molecule has 0 radical (unpaired) electrons. The normalized spacial score (nSPS) is 17.5. The van der Waals surface area contributed by atoms with Crippen molar-refractivity contribution in [2.75, 3.05) is 18.2 Å². The molecule has 1 saturated carbocycles. The van der Waals surface area contributed by atoms with E-state index >= 15 is 0 Å². The fourth-order valence-electron chi connectivity index (χ4n) is 2.69. The molecule has 1 aromatic rings. The largest absolute Gasteiger partial charge is 0.351 e. The molecule has 0 atom stereocenters. The third-order valence-corrected chi connectivity index (χ3v) is 5.41. The first-order valence-corrected chi connectivity index (χ1v) is 8.17. The van der Waals surface area contributed by atoms with Crippen molar-refractivity contribution in [2.45, 2.75) is 36.9 Å². The number of carbonyl (C=O) groups excluding carboxylic acids is 1. The van der Waals surface area contributed by atoms with E-state index in [9.17, 15) is 4.79 Å². The van der Waals surface area contributed by atoms with Gasteiger partial charge in [-0.05, 0) is 25.2 Å². The summed E-state index contributed by atoms with van der Waals surface area (Å²) < 4.78 is 0.187. The van der Waals surface area contributed by atoms with Gasteiger partial charge in [0.2, 0.25) is 0 Å². The molecule has 1 aliphatic rings. The summed E-state index contributed by atoms with van der Waals surface area (Å²) in [6, 6.07) is 1.69. The Morgan fingerprint density at radius 1 is 1.45 bits per heavy atom. The van der Waals surface area contributed by atoms with Gasteiger partial charge in [-0.1, -0.05) is 19.3 Å². The summed E-state index contributed by atoms with van der Waals surface area (Å²) >= 11 is 1.87. The van der Waals surface area contributed by atoms with Crippen LogP contribution in [0.2, 0.25) is 0 Å². The lowest BCUT2D eigenvalue weighted by atomic mass is 9.88. The van der Waals surface area contributed by atoms with Gasteiger partial charge in [-0.15, -0.1) is 0 Å². The lowest BCUT2D eigenvalue weighted by Gasteiger charge is -2.35. The molecule has 6 heteroatoms. The van der Waals surface area contributed by atoms with Crippen LogP contribution in [-0.2, 0) is 0 Å². The van der Waals surface area contributed by atoms with Crippen LogP contribution in [0.1, 0.15) is 42.5 Å². The molecule has 4 N–H and O–H groups in total. The summed E-state index contributed by atoms with van der Waals surface area (Å²) in [7, 11) is 0. The van der Waals surface area contributed by atoms with E-state index in [-0.39, 0.29) is 10.7 Å². The highest BCUT2D eigenvalue weighted by Gasteiger charge is 2.31. The zero-order valence-corrected chi connectivity index (χ0v) is 12.6. The molecule has 0 bridgehead atoms. The van der Waals surface area contributed by atoms with Gasteiger partial charge in [-0.25, -0.2) is 0 Å². The second-order valence-electron chi connectivity index (χ2n) is 5.20. The maximum absolute atomic E-state index is 12.3. The number of pyridine rings is 1. The second kappa shape index (κ2) is 6.95. The zero-order chi connectivity index (χ0) is 14.4. The lowest BCUT2D eigenvalue weighted by molar-refractivity contribution is 0.0947. The number of nitrogens with two attached hydrogens (primary N) is 1. The number of rotatable bonds is 5. The average Bonchev–Trinajstić information content (AvgIpc) is 2.53. The summed E-state index contributed by atoms with van der Waals surface area (Å²) in [4.78, 5) is 16.3. The molecule has 1 aromatic heterocycles. The molecule has 1 amide bonds. The molecule has 2 rings (SSSR count). The quantitative estimate of drug-likeness (QED) is 0.573. The van der Waals surface area contributed by atoms with E-state index in [1.165, 1.54) is 38.3 Å². The maximum Gasteiger partial charge on any atom is 0.255 e. The SMILES string of the molecule is CSC1(CNC(=O)c2cnccc2NN)CCCCC1. The van der Waals surface area contributed by atoms with Crippen LogP contribution < -0.4 is 16.6 Å². The van der Waals surface area contributed by atoms with Gasteiger partial charge < -0.3 is 10.7 Å². The van der Waals surface area contributed by atoms with Crippen molar-refractivity contribution in [2.24, 2.45) is 5.84 Å². The molecule has 1 heterocycles. The fraction of sp³-hybridized carbons (Fsp3) is 0.571. The molecule has 5 nitrogen and oxygen atoms in total. The first-order chi connectivity index (χ1) is 9.71.